The highest BCUT2D eigenvalue weighted by atomic mass is 16.5. The van der Waals surface area contributed by atoms with E-state index in [0.717, 1.165) is 22.1 Å². The third kappa shape index (κ3) is 3.97. The second-order valence-corrected chi connectivity index (χ2v) is 6.12. The molecule has 4 heteroatoms. The Morgan fingerprint density at radius 1 is 1.08 bits per heavy atom. The van der Waals surface area contributed by atoms with Gasteiger partial charge in [0.2, 0.25) is 0 Å². The van der Waals surface area contributed by atoms with Gasteiger partial charge in [-0.15, -0.1) is 0 Å². The maximum Gasteiger partial charge on any atom is 0.336 e. The van der Waals surface area contributed by atoms with Gasteiger partial charge in [-0.25, -0.2) is 4.79 Å². The summed E-state index contributed by atoms with van der Waals surface area (Å²) in [6.45, 7) is 3.94. The van der Waals surface area contributed by atoms with E-state index in [1.807, 2.05) is 56.3 Å². The topological polar surface area (TPSA) is 56.5 Å². The molecule has 3 rings (SSSR count). The fraction of sp³-hybridized carbons (Fsp3) is 0.238. The second kappa shape index (κ2) is 7.34. The summed E-state index contributed by atoms with van der Waals surface area (Å²) in [4.78, 5) is 23.8. The van der Waals surface area contributed by atoms with Crippen molar-refractivity contribution < 1.29 is 13.9 Å². The van der Waals surface area contributed by atoms with Crippen LogP contribution in [0.25, 0.3) is 11.0 Å². The van der Waals surface area contributed by atoms with Crippen molar-refractivity contribution in [2.45, 2.75) is 33.3 Å². The van der Waals surface area contributed by atoms with Crippen molar-refractivity contribution in [1.29, 1.82) is 0 Å². The molecule has 0 bridgehead atoms. The lowest BCUT2D eigenvalue weighted by molar-refractivity contribution is -0.144. The maximum atomic E-state index is 12.0. The lowest BCUT2D eigenvalue weighted by atomic mass is 10.0. The van der Waals surface area contributed by atoms with Crippen molar-refractivity contribution in [3.63, 3.8) is 0 Å². The van der Waals surface area contributed by atoms with Crippen LogP contribution < -0.4 is 5.63 Å². The molecule has 0 aliphatic rings. The SMILES string of the molecule is Cc1ccc2c(COC(=O)CCc3ccccc3)cc(=O)oc2c1C. The third-order valence-corrected chi connectivity index (χ3v) is 4.37. The maximum absolute atomic E-state index is 12.0. The lowest BCUT2D eigenvalue weighted by Gasteiger charge is -2.10. The zero-order valence-corrected chi connectivity index (χ0v) is 14.4. The summed E-state index contributed by atoms with van der Waals surface area (Å²) in [7, 11) is 0. The number of hydrogen-bond donors (Lipinski definition) is 0. The summed E-state index contributed by atoms with van der Waals surface area (Å²) >= 11 is 0. The predicted octanol–water partition coefficient (Wildman–Crippen LogP) is 4.09. The Kier molecular flexibility index (Phi) is 4.98. The van der Waals surface area contributed by atoms with Crippen LogP contribution in [-0.2, 0) is 22.6 Å². The Morgan fingerprint density at radius 3 is 2.60 bits per heavy atom. The first kappa shape index (κ1) is 17.0. The number of fused-ring (bicyclic) bond motifs is 1. The van der Waals surface area contributed by atoms with Crippen LogP contribution in [0.3, 0.4) is 0 Å². The van der Waals surface area contributed by atoms with E-state index in [4.69, 9.17) is 9.15 Å². The van der Waals surface area contributed by atoms with Gasteiger partial charge in [0.05, 0.1) is 0 Å². The zero-order chi connectivity index (χ0) is 17.8. The molecule has 128 valence electrons. The molecule has 1 aromatic heterocycles. The van der Waals surface area contributed by atoms with Crippen LogP contribution in [0.2, 0.25) is 0 Å². The van der Waals surface area contributed by atoms with E-state index in [1.165, 1.54) is 6.07 Å². The van der Waals surface area contributed by atoms with E-state index >= 15 is 0 Å². The summed E-state index contributed by atoms with van der Waals surface area (Å²) in [6, 6.07) is 15.1. The van der Waals surface area contributed by atoms with Gasteiger partial charge in [-0.05, 0) is 37.0 Å². The Morgan fingerprint density at radius 2 is 1.84 bits per heavy atom. The second-order valence-electron chi connectivity index (χ2n) is 6.12. The summed E-state index contributed by atoms with van der Waals surface area (Å²) < 4.78 is 10.7. The molecular formula is C21H20O4. The van der Waals surface area contributed by atoms with Gasteiger partial charge in [0.1, 0.15) is 12.2 Å². The van der Waals surface area contributed by atoms with Gasteiger partial charge in [-0.3, -0.25) is 4.79 Å². The molecule has 4 nitrogen and oxygen atoms in total. The van der Waals surface area contributed by atoms with E-state index in [1.54, 1.807) is 0 Å². The first-order chi connectivity index (χ1) is 12.0. The summed E-state index contributed by atoms with van der Waals surface area (Å²) in [6.07, 6.45) is 0.942. The van der Waals surface area contributed by atoms with E-state index in [0.29, 0.717) is 24.0 Å². The minimum absolute atomic E-state index is 0.0677. The minimum Gasteiger partial charge on any atom is -0.461 e. The van der Waals surface area contributed by atoms with E-state index < -0.39 is 5.63 Å². The smallest absolute Gasteiger partial charge is 0.336 e. The van der Waals surface area contributed by atoms with Crippen LogP contribution in [0.4, 0.5) is 0 Å². The van der Waals surface area contributed by atoms with Crippen molar-refractivity contribution in [3.05, 3.63) is 81.2 Å². The lowest BCUT2D eigenvalue weighted by Crippen LogP contribution is -2.08. The average molecular weight is 336 g/mol. The van der Waals surface area contributed by atoms with Gasteiger partial charge < -0.3 is 9.15 Å². The van der Waals surface area contributed by atoms with Crippen LogP contribution in [0.15, 0.2) is 57.7 Å². The van der Waals surface area contributed by atoms with Gasteiger partial charge in [0.25, 0.3) is 0 Å². The standard InChI is InChI=1S/C21H20O4/c1-14-8-10-18-17(12-20(23)25-21(18)15(14)2)13-24-19(22)11-9-16-6-4-3-5-7-16/h3-8,10,12H,9,11,13H2,1-2H3. The first-order valence-corrected chi connectivity index (χ1v) is 8.27. The number of rotatable bonds is 5. The predicted molar refractivity (Wildman–Crippen MR) is 96.5 cm³/mol. The van der Waals surface area contributed by atoms with Gasteiger partial charge in [-0.1, -0.05) is 42.5 Å². The van der Waals surface area contributed by atoms with Crippen molar-refractivity contribution in [2.75, 3.05) is 0 Å². The Hall–Kier alpha value is -2.88. The van der Waals surface area contributed by atoms with E-state index in [2.05, 4.69) is 0 Å². The fourth-order valence-electron chi connectivity index (χ4n) is 2.77. The summed E-state index contributed by atoms with van der Waals surface area (Å²) in [5, 5.41) is 0.804. The Labute approximate surface area is 146 Å². The van der Waals surface area contributed by atoms with Crippen LogP contribution in [0.5, 0.6) is 0 Å². The number of benzene rings is 2. The minimum atomic E-state index is -0.434. The summed E-state index contributed by atoms with van der Waals surface area (Å²) in [5.41, 5.74) is 3.86. The molecule has 0 aliphatic carbocycles. The molecule has 0 N–H and O–H groups in total. The molecule has 0 saturated carbocycles. The summed E-state index contributed by atoms with van der Waals surface area (Å²) in [5.74, 6) is -0.283. The molecule has 0 radical (unpaired) electrons. The zero-order valence-electron chi connectivity index (χ0n) is 14.4. The van der Waals surface area contributed by atoms with Crippen molar-refractivity contribution in [2.24, 2.45) is 0 Å². The van der Waals surface area contributed by atoms with Crippen LogP contribution >= 0.6 is 0 Å². The van der Waals surface area contributed by atoms with Crippen LogP contribution in [0.1, 0.15) is 28.7 Å². The molecule has 0 saturated heterocycles. The molecule has 0 aliphatic heterocycles. The molecule has 0 amide bonds. The van der Waals surface area contributed by atoms with Crippen LogP contribution in [-0.4, -0.2) is 5.97 Å². The highest BCUT2D eigenvalue weighted by Gasteiger charge is 2.11. The van der Waals surface area contributed by atoms with Crippen molar-refractivity contribution in [1.82, 2.24) is 0 Å². The molecule has 0 spiro atoms. The van der Waals surface area contributed by atoms with E-state index in [-0.39, 0.29) is 12.6 Å². The first-order valence-electron chi connectivity index (χ1n) is 8.27. The molecule has 0 unspecified atom stereocenters. The third-order valence-electron chi connectivity index (χ3n) is 4.37. The number of carbonyl (C=O) groups is 1. The van der Waals surface area contributed by atoms with Crippen LogP contribution in [0, 0.1) is 13.8 Å². The molecule has 0 fully saturated rings. The normalized spacial score (nSPS) is 10.8. The largest absolute Gasteiger partial charge is 0.461 e. The molecule has 0 atom stereocenters. The Balaban J connectivity index is 1.72. The number of hydrogen-bond acceptors (Lipinski definition) is 4. The average Bonchev–Trinajstić information content (AvgIpc) is 2.62. The molecular weight excluding hydrogens is 316 g/mol. The van der Waals surface area contributed by atoms with Gasteiger partial charge in [0.15, 0.2) is 0 Å². The number of aryl methyl sites for hydroxylation is 3. The number of ether oxygens (including phenoxy) is 1. The van der Waals surface area contributed by atoms with Gasteiger partial charge in [-0.2, -0.15) is 0 Å². The van der Waals surface area contributed by atoms with Gasteiger partial charge in [0, 0.05) is 23.4 Å². The number of esters is 1. The molecule has 3 aromatic rings. The van der Waals surface area contributed by atoms with Crippen molar-refractivity contribution in [3.8, 4) is 0 Å². The molecule has 2 aromatic carbocycles. The highest BCUT2D eigenvalue weighted by molar-refractivity contribution is 5.84. The molecule has 25 heavy (non-hydrogen) atoms. The fourth-order valence-corrected chi connectivity index (χ4v) is 2.77. The highest BCUT2D eigenvalue weighted by Crippen LogP contribution is 2.23. The monoisotopic (exact) mass is 336 g/mol. The van der Waals surface area contributed by atoms with Crippen molar-refractivity contribution >= 4 is 16.9 Å². The Bertz CT molecular complexity index is 955. The quantitative estimate of drug-likeness (QED) is 0.520. The molecule has 1 heterocycles. The number of carbonyl (C=O) groups excluding carboxylic acids is 1. The van der Waals surface area contributed by atoms with E-state index in [9.17, 15) is 9.59 Å². The van der Waals surface area contributed by atoms with Gasteiger partial charge >= 0.3 is 11.6 Å².